The van der Waals surface area contributed by atoms with Gasteiger partial charge in [-0.05, 0) is 31.9 Å². The van der Waals surface area contributed by atoms with Crippen LogP contribution in [0.2, 0.25) is 0 Å². The largest absolute Gasteiger partial charge is 0.497 e. The molecule has 1 N–H and O–H groups in total. The fourth-order valence-electron chi connectivity index (χ4n) is 1.75. The molecule has 0 saturated carbocycles. The van der Waals surface area contributed by atoms with Gasteiger partial charge in [0.15, 0.2) is 0 Å². The first-order valence-electron chi connectivity index (χ1n) is 7.44. The van der Waals surface area contributed by atoms with Crippen LogP contribution in [0.5, 0.6) is 0 Å². The Bertz CT molecular complexity index is 351. The maximum absolute atomic E-state index is 10.7. The van der Waals surface area contributed by atoms with Gasteiger partial charge in [-0.25, -0.2) is 4.79 Å². The van der Waals surface area contributed by atoms with Gasteiger partial charge in [0.05, 0.1) is 7.11 Å². The van der Waals surface area contributed by atoms with Gasteiger partial charge in [0.1, 0.15) is 5.76 Å². The van der Waals surface area contributed by atoms with Gasteiger partial charge in [-0.1, -0.05) is 51.2 Å². The van der Waals surface area contributed by atoms with Crippen LogP contribution in [-0.2, 0) is 9.53 Å². The SMILES string of the molecule is CCCCCCCCC=CC=C(C=C(C)C(=O)O)OC. The molecule has 0 saturated heterocycles. The van der Waals surface area contributed by atoms with Crippen molar-refractivity contribution in [3.63, 3.8) is 0 Å². The molecule has 0 fully saturated rings. The van der Waals surface area contributed by atoms with Crippen LogP contribution in [0.3, 0.4) is 0 Å². The number of methoxy groups -OCH3 is 1. The maximum Gasteiger partial charge on any atom is 0.331 e. The van der Waals surface area contributed by atoms with E-state index >= 15 is 0 Å². The van der Waals surface area contributed by atoms with Crippen molar-refractivity contribution in [3.05, 3.63) is 35.6 Å². The quantitative estimate of drug-likeness (QED) is 0.254. The standard InChI is InChI=1S/C17H28O3/c1-4-5-6-7-8-9-10-11-12-13-16(20-3)14-15(2)17(18)19/h11-14H,4-10H2,1-3H3,(H,18,19). The summed E-state index contributed by atoms with van der Waals surface area (Å²) in [4.78, 5) is 10.7. The fourth-order valence-corrected chi connectivity index (χ4v) is 1.75. The van der Waals surface area contributed by atoms with Crippen molar-refractivity contribution >= 4 is 5.97 Å². The lowest BCUT2D eigenvalue weighted by molar-refractivity contribution is -0.132. The Labute approximate surface area is 123 Å². The van der Waals surface area contributed by atoms with Crippen molar-refractivity contribution in [2.75, 3.05) is 7.11 Å². The summed E-state index contributed by atoms with van der Waals surface area (Å²) in [6.07, 6.45) is 16.2. The maximum atomic E-state index is 10.7. The molecule has 0 rings (SSSR count). The summed E-state index contributed by atoms with van der Waals surface area (Å²) < 4.78 is 5.11. The van der Waals surface area contributed by atoms with Crippen LogP contribution in [0.4, 0.5) is 0 Å². The first-order chi connectivity index (χ1) is 9.61. The molecule has 114 valence electrons. The first-order valence-corrected chi connectivity index (χ1v) is 7.44. The smallest absolute Gasteiger partial charge is 0.331 e. The van der Waals surface area contributed by atoms with E-state index in [0.717, 1.165) is 6.42 Å². The second kappa shape index (κ2) is 12.5. The lowest BCUT2D eigenvalue weighted by atomic mass is 10.1. The molecule has 0 aliphatic heterocycles. The van der Waals surface area contributed by atoms with E-state index in [4.69, 9.17) is 9.84 Å². The van der Waals surface area contributed by atoms with Gasteiger partial charge in [-0.3, -0.25) is 0 Å². The highest BCUT2D eigenvalue weighted by Crippen LogP contribution is 2.08. The van der Waals surface area contributed by atoms with Crippen molar-refractivity contribution in [1.29, 1.82) is 0 Å². The van der Waals surface area contributed by atoms with Crippen LogP contribution in [0.1, 0.15) is 58.8 Å². The molecule has 0 amide bonds. The van der Waals surface area contributed by atoms with E-state index < -0.39 is 5.97 Å². The third-order valence-electron chi connectivity index (χ3n) is 3.05. The molecule has 0 radical (unpaired) electrons. The van der Waals surface area contributed by atoms with Crippen LogP contribution in [0, 0.1) is 0 Å². The molecule has 3 nitrogen and oxygen atoms in total. The van der Waals surface area contributed by atoms with E-state index in [2.05, 4.69) is 13.0 Å². The van der Waals surface area contributed by atoms with E-state index in [9.17, 15) is 4.79 Å². The predicted molar refractivity (Wildman–Crippen MR) is 83.6 cm³/mol. The Kier molecular flexibility index (Phi) is 11.6. The Hall–Kier alpha value is -1.51. The predicted octanol–water partition coefficient (Wildman–Crippen LogP) is 4.85. The van der Waals surface area contributed by atoms with Crippen molar-refractivity contribution < 1.29 is 14.6 Å². The Morgan fingerprint density at radius 3 is 2.40 bits per heavy atom. The highest BCUT2D eigenvalue weighted by molar-refractivity contribution is 5.86. The Balaban J connectivity index is 3.97. The number of carbonyl (C=O) groups is 1. The third kappa shape index (κ3) is 10.4. The van der Waals surface area contributed by atoms with E-state index in [-0.39, 0.29) is 5.57 Å². The number of rotatable bonds is 11. The van der Waals surface area contributed by atoms with Crippen LogP contribution < -0.4 is 0 Å². The summed E-state index contributed by atoms with van der Waals surface area (Å²) in [7, 11) is 1.54. The van der Waals surface area contributed by atoms with Gasteiger partial charge in [-0.15, -0.1) is 0 Å². The van der Waals surface area contributed by atoms with Crippen LogP contribution >= 0.6 is 0 Å². The molecule has 0 aliphatic rings. The zero-order valence-electron chi connectivity index (χ0n) is 13.0. The summed E-state index contributed by atoms with van der Waals surface area (Å²) >= 11 is 0. The van der Waals surface area contributed by atoms with Crippen molar-refractivity contribution in [2.45, 2.75) is 58.8 Å². The monoisotopic (exact) mass is 280 g/mol. The molecule has 0 heterocycles. The number of ether oxygens (including phenoxy) is 1. The summed E-state index contributed by atoms with van der Waals surface area (Å²) in [5.74, 6) is -0.367. The summed E-state index contributed by atoms with van der Waals surface area (Å²) in [5, 5.41) is 8.79. The Morgan fingerprint density at radius 2 is 1.80 bits per heavy atom. The number of carboxylic acids is 1. The van der Waals surface area contributed by atoms with Crippen molar-refractivity contribution in [2.24, 2.45) is 0 Å². The molecular weight excluding hydrogens is 252 g/mol. The Morgan fingerprint density at radius 1 is 1.15 bits per heavy atom. The normalized spacial score (nSPS) is 12.9. The van der Waals surface area contributed by atoms with E-state index in [1.54, 1.807) is 20.1 Å². The first kappa shape index (κ1) is 18.5. The van der Waals surface area contributed by atoms with Crippen LogP contribution in [0.25, 0.3) is 0 Å². The average Bonchev–Trinajstić information content (AvgIpc) is 2.43. The zero-order valence-corrected chi connectivity index (χ0v) is 13.0. The molecule has 0 aromatic rings. The van der Waals surface area contributed by atoms with Gasteiger partial charge in [-0.2, -0.15) is 0 Å². The second-order valence-corrected chi connectivity index (χ2v) is 4.89. The molecule has 0 unspecified atom stereocenters. The lowest BCUT2D eigenvalue weighted by Crippen LogP contribution is -1.97. The van der Waals surface area contributed by atoms with E-state index in [1.807, 2.05) is 6.08 Å². The minimum absolute atomic E-state index is 0.266. The number of allylic oxidation sites excluding steroid dienone is 4. The lowest BCUT2D eigenvalue weighted by Gasteiger charge is -2.00. The summed E-state index contributed by atoms with van der Waals surface area (Å²) in [6, 6.07) is 0. The minimum atomic E-state index is -0.927. The molecule has 3 heteroatoms. The van der Waals surface area contributed by atoms with Crippen molar-refractivity contribution in [3.8, 4) is 0 Å². The van der Waals surface area contributed by atoms with Gasteiger partial charge in [0.25, 0.3) is 0 Å². The van der Waals surface area contributed by atoms with Gasteiger partial charge in [0.2, 0.25) is 0 Å². The van der Waals surface area contributed by atoms with Crippen molar-refractivity contribution in [1.82, 2.24) is 0 Å². The summed E-state index contributed by atoms with van der Waals surface area (Å²) in [6.45, 7) is 3.78. The minimum Gasteiger partial charge on any atom is -0.497 e. The van der Waals surface area contributed by atoms with Gasteiger partial charge < -0.3 is 9.84 Å². The molecule has 0 aromatic carbocycles. The number of hydrogen-bond acceptors (Lipinski definition) is 2. The molecule has 0 bridgehead atoms. The topological polar surface area (TPSA) is 46.5 Å². The fraction of sp³-hybridized carbons (Fsp3) is 0.588. The van der Waals surface area contributed by atoms with E-state index in [0.29, 0.717) is 5.76 Å². The number of aliphatic carboxylic acids is 1. The average molecular weight is 280 g/mol. The summed E-state index contributed by atoms with van der Waals surface area (Å²) in [5.41, 5.74) is 0.266. The molecular formula is C17H28O3. The van der Waals surface area contributed by atoms with Gasteiger partial charge in [0, 0.05) is 5.57 Å². The third-order valence-corrected chi connectivity index (χ3v) is 3.05. The van der Waals surface area contributed by atoms with Crippen LogP contribution in [-0.4, -0.2) is 18.2 Å². The molecule has 0 aliphatic carbocycles. The highest BCUT2D eigenvalue weighted by atomic mass is 16.5. The number of hydrogen-bond donors (Lipinski definition) is 1. The molecule has 20 heavy (non-hydrogen) atoms. The van der Waals surface area contributed by atoms with Crippen LogP contribution in [0.15, 0.2) is 35.6 Å². The van der Waals surface area contributed by atoms with E-state index in [1.165, 1.54) is 44.6 Å². The highest BCUT2D eigenvalue weighted by Gasteiger charge is 2.00. The number of carboxylic acid groups (broad SMARTS) is 1. The molecule has 0 spiro atoms. The second-order valence-electron chi connectivity index (χ2n) is 4.89. The van der Waals surface area contributed by atoms with Gasteiger partial charge >= 0.3 is 5.97 Å². The molecule has 0 aromatic heterocycles. The zero-order chi connectivity index (χ0) is 15.2. The number of unbranched alkanes of at least 4 members (excludes halogenated alkanes) is 6. The molecule has 0 atom stereocenters.